The molecule has 0 saturated carbocycles. The first kappa shape index (κ1) is 21.6. The van der Waals surface area contributed by atoms with Crippen molar-refractivity contribution in [1.29, 1.82) is 0 Å². The Morgan fingerprint density at radius 3 is 2.66 bits per heavy atom. The van der Waals surface area contributed by atoms with Gasteiger partial charge in [0, 0.05) is 23.7 Å². The van der Waals surface area contributed by atoms with E-state index in [1.807, 2.05) is 26.0 Å². The van der Waals surface area contributed by atoms with E-state index in [1.165, 1.54) is 4.90 Å². The maximum Gasteiger partial charge on any atom is 0.250 e. The molecule has 0 unspecified atom stereocenters. The molecule has 2 saturated heterocycles. The van der Waals surface area contributed by atoms with Crippen molar-refractivity contribution in [3.8, 4) is 11.5 Å². The molecule has 0 aliphatic carbocycles. The number of ether oxygens (including phenoxy) is 2. The molecule has 35 heavy (non-hydrogen) atoms. The van der Waals surface area contributed by atoms with Crippen molar-refractivity contribution in [3.05, 3.63) is 52.6 Å². The Labute approximate surface area is 200 Å². The number of likely N-dealkylation sites (tertiary alicyclic amines) is 1. The number of fused-ring (bicyclic) bond motifs is 5. The van der Waals surface area contributed by atoms with Crippen molar-refractivity contribution in [1.82, 2.24) is 10.2 Å². The number of nitrogens with one attached hydrogen (secondary N) is 2. The first-order valence-corrected chi connectivity index (χ1v) is 11.4. The van der Waals surface area contributed by atoms with Crippen molar-refractivity contribution in [2.45, 2.75) is 38.4 Å². The summed E-state index contributed by atoms with van der Waals surface area (Å²) in [6.45, 7) is 3.92. The van der Waals surface area contributed by atoms with E-state index in [0.717, 1.165) is 11.1 Å². The third-order valence-electron chi connectivity index (χ3n) is 7.46. The van der Waals surface area contributed by atoms with Crippen LogP contribution in [0.25, 0.3) is 0 Å². The van der Waals surface area contributed by atoms with Gasteiger partial charge in [0.05, 0.1) is 18.4 Å². The number of aryl methyl sites for hydroxylation is 2. The highest BCUT2D eigenvalue weighted by molar-refractivity contribution is 6.15. The minimum absolute atomic E-state index is 0.0159. The molecule has 4 heterocycles. The van der Waals surface area contributed by atoms with Crippen molar-refractivity contribution in [2.75, 3.05) is 12.1 Å². The molecule has 2 aromatic rings. The molecule has 2 aromatic carbocycles. The molecule has 4 aliphatic heterocycles. The molecular formula is C25H24N4O6. The Balaban J connectivity index is 1.44. The number of hydrogen-bond donors (Lipinski definition) is 3. The molecular weight excluding hydrogens is 452 g/mol. The van der Waals surface area contributed by atoms with Crippen LogP contribution >= 0.6 is 0 Å². The van der Waals surface area contributed by atoms with Gasteiger partial charge in [0.15, 0.2) is 11.5 Å². The van der Waals surface area contributed by atoms with Gasteiger partial charge in [-0.2, -0.15) is 0 Å². The quantitative estimate of drug-likeness (QED) is 0.555. The fourth-order valence-corrected chi connectivity index (χ4v) is 6.09. The summed E-state index contributed by atoms with van der Waals surface area (Å²) in [5.41, 5.74) is 7.74. The van der Waals surface area contributed by atoms with Gasteiger partial charge in [-0.25, -0.2) is 0 Å². The van der Waals surface area contributed by atoms with E-state index >= 15 is 0 Å². The second-order valence-electron chi connectivity index (χ2n) is 9.64. The molecule has 4 atom stereocenters. The summed E-state index contributed by atoms with van der Waals surface area (Å²) in [6.07, 6.45) is -0.173. The number of nitrogens with two attached hydrogens (primary N) is 1. The standard InChI is InChI=1S/C25H24N4O6/c1-11-5-12(2)21-14(6-11)25(24(33)27-21)20-19(15(28-25)8-18(26)30)22(31)29(23(20)32)9-13-3-4-16-17(7-13)35-10-34-16/h3-7,15,19-20,28H,8-10H2,1-2H3,(H2,26,30)(H,27,33)/t15-,19+,20-,25-/m0/s1. The van der Waals surface area contributed by atoms with E-state index in [4.69, 9.17) is 15.2 Å². The normalized spacial score (nSPS) is 28.0. The number of carbonyl (C=O) groups is 4. The van der Waals surface area contributed by atoms with Crippen LogP contribution < -0.4 is 25.8 Å². The summed E-state index contributed by atoms with van der Waals surface area (Å²) in [5.74, 6) is -2.68. The molecule has 4 amide bonds. The van der Waals surface area contributed by atoms with Crippen LogP contribution in [0.5, 0.6) is 11.5 Å². The van der Waals surface area contributed by atoms with Gasteiger partial charge in [-0.15, -0.1) is 0 Å². The Kier molecular flexibility index (Phi) is 4.50. The van der Waals surface area contributed by atoms with Crippen LogP contribution in [-0.4, -0.2) is 41.4 Å². The lowest BCUT2D eigenvalue weighted by molar-refractivity contribution is -0.143. The topological polar surface area (TPSA) is 140 Å². The zero-order valence-electron chi connectivity index (χ0n) is 19.2. The summed E-state index contributed by atoms with van der Waals surface area (Å²) in [5, 5.41) is 6.13. The predicted octanol–water partition coefficient (Wildman–Crippen LogP) is 0.828. The molecule has 0 bridgehead atoms. The van der Waals surface area contributed by atoms with Gasteiger partial charge >= 0.3 is 0 Å². The number of nitrogens with zero attached hydrogens (tertiary/aromatic N) is 1. The Hall–Kier alpha value is -3.92. The minimum atomic E-state index is -1.47. The van der Waals surface area contributed by atoms with Crippen molar-refractivity contribution >= 4 is 29.3 Å². The van der Waals surface area contributed by atoms with E-state index in [1.54, 1.807) is 18.2 Å². The van der Waals surface area contributed by atoms with Gasteiger partial charge in [0.2, 0.25) is 30.4 Å². The number of benzene rings is 2. The van der Waals surface area contributed by atoms with Gasteiger partial charge in [-0.1, -0.05) is 23.8 Å². The summed E-state index contributed by atoms with van der Waals surface area (Å²) >= 11 is 0. The van der Waals surface area contributed by atoms with Crippen LogP contribution in [0, 0.1) is 25.7 Å². The summed E-state index contributed by atoms with van der Waals surface area (Å²) in [7, 11) is 0. The first-order chi connectivity index (χ1) is 16.7. The Morgan fingerprint density at radius 2 is 1.89 bits per heavy atom. The zero-order valence-corrected chi connectivity index (χ0v) is 19.2. The molecule has 2 fully saturated rings. The molecule has 0 radical (unpaired) electrons. The average molecular weight is 476 g/mol. The smallest absolute Gasteiger partial charge is 0.250 e. The van der Waals surface area contributed by atoms with Crippen LogP contribution in [0.15, 0.2) is 30.3 Å². The maximum absolute atomic E-state index is 13.9. The minimum Gasteiger partial charge on any atom is -0.454 e. The van der Waals surface area contributed by atoms with Crippen molar-refractivity contribution in [3.63, 3.8) is 0 Å². The highest BCUT2D eigenvalue weighted by atomic mass is 16.7. The highest BCUT2D eigenvalue weighted by Gasteiger charge is 2.70. The van der Waals surface area contributed by atoms with Gasteiger partial charge < -0.3 is 20.5 Å². The largest absolute Gasteiger partial charge is 0.454 e. The van der Waals surface area contributed by atoms with Gasteiger partial charge in [0.1, 0.15) is 5.54 Å². The monoisotopic (exact) mass is 476 g/mol. The molecule has 0 aromatic heterocycles. The van der Waals surface area contributed by atoms with Gasteiger partial charge in [-0.05, 0) is 37.1 Å². The number of carbonyl (C=O) groups excluding carboxylic acids is 4. The van der Waals surface area contributed by atoms with E-state index < -0.39 is 47.0 Å². The second-order valence-corrected chi connectivity index (χ2v) is 9.64. The Bertz CT molecular complexity index is 1340. The highest BCUT2D eigenvalue weighted by Crippen LogP contribution is 2.54. The molecule has 10 nitrogen and oxygen atoms in total. The third kappa shape index (κ3) is 2.92. The van der Waals surface area contributed by atoms with E-state index in [9.17, 15) is 19.2 Å². The number of rotatable bonds is 4. The molecule has 4 aliphatic rings. The van der Waals surface area contributed by atoms with Crippen LogP contribution in [0.1, 0.15) is 28.7 Å². The van der Waals surface area contributed by atoms with Crippen LogP contribution in [0.2, 0.25) is 0 Å². The van der Waals surface area contributed by atoms with Crippen LogP contribution in [0.3, 0.4) is 0 Å². The summed E-state index contributed by atoms with van der Waals surface area (Å²) in [4.78, 5) is 54.1. The van der Waals surface area contributed by atoms with Gasteiger partial charge in [-0.3, -0.25) is 29.4 Å². The molecule has 180 valence electrons. The van der Waals surface area contributed by atoms with E-state index in [0.29, 0.717) is 28.3 Å². The number of imide groups is 1. The SMILES string of the molecule is Cc1cc(C)c2c(c1)[C@@]1(N[C@@H](CC(N)=O)[C@H]3C(=O)N(Cc4ccc5c(c4)OCO5)C(=O)[C@H]31)C(=O)N2. The molecule has 4 N–H and O–H groups in total. The second kappa shape index (κ2) is 7.29. The number of amides is 4. The maximum atomic E-state index is 13.9. The molecule has 10 heteroatoms. The van der Waals surface area contributed by atoms with Crippen molar-refractivity contribution < 1.29 is 28.7 Å². The lowest BCUT2D eigenvalue weighted by atomic mass is 9.76. The fraction of sp³-hybridized carbons (Fsp3) is 0.360. The lowest BCUT2D eigenvalue weighted by Crippen LogP contribution is -2.53. The zero-order chi connectivity index (χ0) is 24.6. The van der Waals surface area contributed by atoms with E-state index in [-0.39, 0.29) is 19.8 Å². The van der Waals surface area contributed by atoms with E-state index in [2.05, 4.69) is 10.6 Å². The van der Waals surface area contributed by atoms with Gasteiger partial charge in [0.25, 0.3) is 0 Å². The van der Waals surface area contributed by atoms with Crippen LogP contribution in [-0.2, 0) is 31.3 Å². The van der Waals surface area contributed by atoms with Crippen molar-refractivity contribution in [2.24, 2.45) is 17.6 Å². The lowest BCUT2D eigenvalue weighted by Gasteiger charge is -2.29. The summed E-state index contributed by atoms with van der Waals surface area (Å²) < 4.78 is 10.8. The molecule has 1 spiro atoms. The molecule has 6 rings (SSSR count). The first-order valence-electron chi connectivity index (χ1n) is 11.4. The summed E-state index contributed by atoms with van der Waals surface area (Å²) in [6, 6.07) is 8.27. The predicted molar refractivity (Wildman–Crippen MR) is 122 cm³/mol. The number of primary amides is 1. The number of hydrogen-bond acceptors (Lipinski definition) is 7. The average Bonchev–Trinajstić information content (AvgIpc) is 3.51. The van der Waals surface area contributed by atoms with Crippen LogP contribution in [0.4, 0.5) is 5.69 Å². The fourth-order valence-electron chi connectivity index (χ4n) is 6.09. The third-order valence-corrected chi connectivity index (χ3v) is 7.46. The Morgan fingerprint density at radius 1 is 1.11 bits per heavy atom. The number of anilines is 1.